The van der Waals surface area contributed by atoms with Gasteiger partial charge in [-0.1, -0.05) is 12.1 Å². The van der Waals surface area contributed by atoms with Crippen molar-refractivity contribution in [1.29, 1.82) is 0 Å². The number of likely N-dealkylation sites (tertiary alicyclic amines) is 1. The Morgan fingerprint density at radius 1 is 1.28 bits per heavy atom. The van der Waals surface area contributed by atoms with Crippen LogP contribution in [0, 0.1) is 13.8 Å². The summed E-state index contributed by atoms with van der Waals surface area (Å²) in [6.45, 7) is 6.19. The third-order valence-electron chi connectivity index (χ3n) is 5.33. The SMILES string of the molecule is COC(=O)NCC(=O)N1CCC(N(C)Cc2ccc(-n3nc(C)cc3C)cc2)C1. The van der Waals surface area contributed by atoms with E-state index in [1.807, 2.05) is 11.6 Å². The molecule has 3 rings (SSSR count). The number of amides is 2. The van der Waals surface area contributed by atoms with Crippen molar-refractivity contribution in [3.05, 3.63) is 47.3 Å². The topological polar surface area (TPSA) is 79.7 Å². The molecule has 156 valence electrons. The van der Waals surface area contributed by atoms with Crippen molar-refractivity contribution in [1.82, 2.24) is 24.9 Å². The van der Waals surface area contributed by atoms with Crippen LogP contribution in [-0.2, 0) is 16.1 Å². The van der Waals surface area contributed by atoms with Crippen molar-refractivity contribution in [2.24, 2.45) is 0 Å². The Labute approximate surface area is 171 Å². The van der Waals surface area contributed by atoms with Crippen LogP contribution in [0.5, 0.6) is 0 Å². The quantitative estimate of drug-likeness (QED) is 0.802. The molecule has 1 unspecified atom stereocenters. The first-order valence-corrected chi connectivity index (χ1v) is 9.80. The molecule has 1 aromatic carbocycles. The summed E-state index contributed by atoms with van der Waals surface area (Å²) in [6.07, 6.45) is 0.333. The molecule has 0 radical (unpaired) electrons. The van der Waals surface area contributed by atoms with Gasteiger partial charge in [0.2, 0.25) is 5.91 Å². The van der Waals surface area contributed by atoms with Crippen LogP contribution in [0.1, 0.15) is 23.4 Å². The second kappa shape index (κ2) is 9.09. The van der Waals surface area contributed by atoms with Crippen LogP contribution in [-0.4, -0.2) is 71.4 Å². The van der Waals surface area contributed by atoms with E-state index >= 15 is 0 Å². The predicted octanol–water partition coefficient (Wildman–Crippen LogP) is 1.88. The van der Waals surface area contributed by atoms with Crippen molar-refractivity contribution < 1.29 is 14.3 Å². The fourth-order valence-electron chi connectivity index (χ4n) is 3.71. The number of ether oxygens (including phenoxy) is 1. The lowest BCUT2D eigenvalue weighted by Gasteiger charge is -2.25. The molecule has 29 heavy (non-hydrogen) atoms. The number of aryl methyl sites for hydroxylation is 2. The first kappa shape index (κ1) is 20.9. The number of alkyl carbamates (subject to hydrolysis) is 1. The lowest BCUT2D eigenvalue weighted by atomic mass is 10.1. The van der Waals surface area contributed by atoms with E-state index in [0.29, 0.717) is 19.1 Å². The zero-order valence-electron chi connectivity index (χ0n) is 17.5. The summed E-state index contributed by atoms with van der Waals surface area (Å²) in [6, 6.07) is 10.8. The summed E-state index contributed by atoms with van der Waals surface area (Å²) >= 11 is 0. The van der Waals surface area contributed by atoms with E-state index in [9.17, 15) is 9.59 Å². The smallest absolute Gasteiger partial charge is 0.407 e. The number of nitrogens with zero attached hydrogens (tertiary/aromatic N) is 4. The lowest BCUT2D eigenvalue weighted by molar-refractivity contribution is -0.129. The summed E-state index contributed by atoms with van der Waals surface area (Å²) in [7, 11) is 3.37. The maximum atomic E-state index is 12.2. The third kappa shape index (κ3) is 5.14. The number of nitrogens with one attached hydrogen (secondary N) is 1. The second-order valence-electron chi connectivity index (χ2n) is 7.55. The molecule has 8 heteroatoms. The Morgan fingerprint density at radius 2 is 2.00 bits per heavy atom. The van der Waals surface area contributed by atoms with Crippen molar-refractivity contribution in [3.8, 4) is 5.69 Å². The summed E-state index contributed by atoms with van der Waals surface area (Å²) in [4.78, 5) is 27.4. The van der Waals surface area contributed by atoms with Gasteiger partial charge in [0.25, 0.3) is 0 Å². The standard InChI is InChI=1S/C21H29N5O3/c1-15-11-16(2)26(23-15)18-7-5-17(6-8-18)13-24(3)19-9-10-25(14-19)20(27)12-22-21(28)29-4/h5-8,11,19H,9-10,12-14H2,1-4H3,(H,22,28). The van der Waals surface area contributed by atoms with Crippen LogP contribution in [0.2, 0.25) is 0 Å². The van der Waals surface area contributed by atoms with Crippen LogP contribution in [0.15, 0.2) is 30.3 Å². The molecule has 1 saturated heterocycles. The van der Waals surface area contributed by atoms with Crippen molar-refractivity contribution >= 4 is 12.0 Å². The highest BCUT2D eigenvalue weighted by atomic mass is 16.5. The minimum Gasteiger partial charge on any atom is -0.453 e. The summed E-state index contributed by atoms with van der Waals surface area (Å²) in [5, 5.41) is 6.97. The number of hydrogen-bond donors (Lipinski definition) is 1. The molecule has 1 aromatic heterocycles. The molecular weight excluding hydrogens is 370 g/mol. The molecule has 2 heterocycles. The molecule has 1 fully saturated rings. The molecule has 0 saturated carbocycles. The fraction of sp³-hybridized carbons (Fsp3) is 0.476. The number of carbonyl (C=O) groups excluding carboxylic acids is 2. The number of methoxy groups -OCH3 is 1. The molecule has 1 aliphatic rings. The average molecular weight is 399 g/mol. The molecule has 2 aromatic rings. The number of benzene rings is 1. The summed E-state index contributed by atoms with van der Waals surface area (Å²) in [5.74, 6) is -0.0828. The molecule has 1 atom stereocenters. The molecule has 8 nitrogen and oxygen atoms in total. The van der Waals surface area contributed by atoms with Gasteiger partial charge in [0.15, 0.2) is 0 Å². The minimum absolute atomic E-state index is 0.0309. The molecule has 0 spiro atoms. The van der Waals surface area contributed by atoms with Gasteiger partial charge < -0.3 is 15.0 Å². The zero-order chi connectivity index (χ0) is 21.0. The predicted molar refractivity (Wildman–Crippen MR) is 110 cm³/mol. The summed E-state index contributed by atoms with van der Waals surface area (Å²) < 4.78 is 6.45. The average Bonchev–Trinajstić information content (AvgIpc) is 3.33. The van der Waals surface area contributed by atoms with Crippen molar-refractivity contribution in [2.45, 2.75) is 32.9 Å². The fourth-order valence-corrected chi connectivity index (χ4v) is 3.71. The van der Waals surface area contributed by atoms with Gasteiger partial charge in [-0.15, -0.1) is 0 Å². The Bertz CT molecular complexity index is 862. The van der Waals surface area contributed by atoms with Crippen LogP contribution in [0.25, 0.3) is 5.69 Å². The van der Waals surface area contributed by atoms with E-state index in [4.69, 9.17) is 0 Å². The largest absolute Gasteiger partial charge is 0.453 e. The Morgan fingerprint density at radius 3 is 2.62 bits per heavy atom. The Kier molecular flexibility index (Phi) is 6.53. The maximum absolute atomic E-state index is 12.2. The van der Waals surface area contributed by atoms with Crippen LogP contribution < -0.4 is 5.32 Å². The van der Waals surface area contributed by atoms with Gasteiger partial charge in [-0.05, 0) is 51.1 Å². The molecule has 2 amide bonds. The van der Waals surface area contributed by atoms with Gasteiger partial charge in [0.05, 0.1) is 18.5 Å². The lowest BCUT2D eigenvalue weighted by Crippen LogP contribution is -2.41. The number of carbonyl (C=O) groups is 2. The number of aromatic nitrogens is 2. The molecular formula is C21H29N5O3. The van der Waals surface area contributed by atoms with Crippen LogP contribution >= 0.6 is 0 Å². The molecule has 0 aliphatic carbocycles. The van der Waals surface area contributed by atoms with E-state index < -0.39 is 6.09 Å². The van der Waals surface area contributed by atoms with Crippen molar-refractivity contribution in [3.63, 3.8) is 0 Å². The van der Waals surface area contributed by atoms with Crippen molar-refractivity contribution in [2.75, 3.05) is 33.8 Å². The highest BCUT2D eigenvalue weighted by molar-refractivity contribution is 5.82. The number of rotatable bonds is 6. The first-order valence-electron chi connectivity index (χ1n) is 9.80. The van der Waals surface area contributed by atoms with Gasteiger partial charge in [-0.3, -0.25) is 9.69 Å². The van der Waals surface area contributed by atoms with Gasteiger partial charge >= 0.3 is 6.09 Å². The molecule has 1 aliphatic heterocycles. The van der Waals surface area contributed by atoms with Gasteiger partial charge in [0, 0.05) is 31.4 Å². The van der Waals surface area contributed by atoms with Crippen LogP contribution in [0.4, 0.5) is 4.79 Å². The van der Waals surface area contributed by atoms with Crippen LogP contribution in [0.3, 0.4) is 0 Å². The number of likely N-dealkylation sites (N-methyl/N-ethyl adjacent to an activating group) is 1. The molecule has 1 N–H and O–H groups in total. The van der Waals surface area contributed by atoms with Gasteiger partial charge in [0.1, 0.15) is 6.54 Å². The zero-order valence-corrected chi connectivity index (χ0v) is 17.5. The van der Waals surface area contributed by atoms with E-state index in [0.717, 1.165) is 30.0 Å². The third-order valence-corrected chi connectivity index (χ3v) is 5.33. The highest BCUT2D eigenvalue weighted by Gasteiger charge is 2.28. The normalized spacial score (nSPS) is 16.3. The first-order chi connectivity index (χ1) is 13.9. The maximum Gasteiger partial charge on any atom is 0.407 e. The number of hydrogen-bond acceptors (Lipinski definition) is 5. The monoisotopic (exact) mass is 399 g/mol. The molecule has 0 bridgehead atoms. The van der Waals surface area contributed by atoms with E-state index in [2.05, 4.69) is 64.4 Å². The Balaban J connectivity index is 1.53. The van der Waals surface area contributed by atoms with E-state index in [-0.39, 0.29) is 12.5 Å². The van der Waals surface area contributed by atoms with E-state index in [1.165, 1.54) is 12.7 Å². The van der Waals surface area contributed by atoms with Gasteiger partial charge in [-0.2, -0.15) is 5.10 Å². The summed E-state index contributed by atoms with van der Waals surface area (Å²) in [5.41, 5.74) is 4.39. The highest BCUT2D eigenvalue weighted by Crippen LogP contribution is 2.18. The minimum atomic E-state index is -0.588. The van der Waals surface area contributed by atoms with Gasteiger partial charge in [-0.25, -0.2) is 9.48 Å². The Hall–Kier alpha value is -2.87. The second-order valence-corrected chi connectivity index (χ2v) is 7.55. The van der Waals surface area contributed by atoms with E-state index in [1.54, 1.807) is 4.90 Å².